The minimum atomic E-state index is -3.89. The monoisotopic (exact) mass is 476 g/mol. The molecule has 0 aliphatic carbocycles. The fraction of sp³-hybridized carbons (Fsp3) is 0.192. The van der Waals surface area contributed by atoms with Gasteiger partial charge >= 0.3 is 0 Å². The van der Waals surface area contributed by atoms with Crippen LogP contribution in [0.4, 0.5) is 0 Å². The smallest absolute Gasteiger partial charge is 0.252 e. The van der Waals surface area contributed by atoms with Gasteiger partial charge in [0.1, 0.15) is 0 Å². The van der Waals surface area contributed by atoms with Crippen molar-refractivity contribution < 1.29 is 17.9 Å². The molecule has 1 aliphatic rings. The molecule has 0 unspecified atom stereocenters. The first kappa shape index (κ1) is 22.2. The fourth-order valence-corrected chi connectivity index (χ4v) is 5.66. The van der Waals surface area contributed by atoms with Crippen molar-refractivity contribution in [3.05, 3.63) is 99.3 Å². The van der Waals surface area contributed by atoms with Crippen LogP contribution in [-0.4, -0.2) is 24.5 Å². The molecule has 4 aromatic rings. The molecule has 1 aliphatic heterocycles. The molecular weight excluding hydrogens is 452 g/mol. The number of fused-ring (bicyclic) bond motifs is 2. The van der Waals surface area contributed by atoms with Crippen molar-refractivity contribution in [2.45, 2.75) is 31.8 Å². The molecule has 1 aromatic heterocycles. The van der Waals surface area contributed by atoms with Crippen LogP contribution >= 0.6 is 0 Å². The zero-order valence-corrected chi connectivity index (χ0v) is 19.7. The molecule has 0 bridgehead atoms. The van der Waals surface area contributed by atoms with Gasteiger partial charge in [-0.05, 0) is 66.9 Å². The summed E-state index contributed by atoms with van der Waals surface area (Å²) in [4.78, 5) is 16.0. The van der Waals surface area contributed by atoms with Crippen molar-refractivity contribution in [3.8, 4) is 11.5 Å². The van der Waals surface area contributed by atoms with Crippen molar-refractivity contribution in [3.63, 3.8) is 0 Å². The number of nitrogens with one attached hydrogen (secondary N) is 1. The summed E-state index contributed by atoms with van der Waals surface area (Å²) >= 11 is 0. The number of H-pyrrole nitrogens is 1. The van der Waals surface area contributed by atoms with Gasteiger partial charge in [0, 0.05) is 29.6 Å². The first-order valence-electron chi connectivity index (χ1n) is 10.9. The lowest BCUT2D eigenvalue weighted by Gasteiger charge is -2.23. The van der Waals surface area contributed by atoms with Gasteiger partial charge in [-0.25, -0.2) is 8.42 Å². The molecule has 0 saturated heterocycles. The molecule has 0 spiro atoms. The summed E-state index contributed by atoms with van der Waals surface area (Å²) in [6.07, 6.45) is 0. The van der Waals surface area contributed by atoms with Gasteiger partial charge in [-0.3, -0.25) is 4.79 Å². The number of aryl methyl sites for hydroxylation is 2. The zero-order chi connectivity index (χ0) is 23.9. The van der Waals surface area contributed by atoms with Crippen LogP contribution in [0, 0.1) is 13.8 Å². The Labute approximate surface area is 197 Å². The lowest BCUT2D eigenvalue weighted by atomic mass is 10.0. The lowest BCUT2D eigenvalue weighted by Crippen LogP contribution is -2.32. The van der Waals surface area contributed by atoms with Gasteiger partial charge in [-0.1, -0.05) is 30.3 Å². The Kier molecular flexibility index (Phi) is 5.63. The third-order valence-electron chi connectivity index (χ3n) is 5.91. The Bertz CT molecular complexity index is 1550. The Morgan fingerprint density at radius 2 is 1.68 bits per heavy atom. The lowest BCUT2D eigenvalue weighted by molar-refractivity contribution is 0.174. The molecule has 3 aromatic carbocycles. The van der Waals surface area contributed by atoms with Crippen molar-refractivity contribution in [1.29, 1.82) is 0 Å². The Hall–Kier alpha value is -3.62. The van der Waals surface area contributed by atoms with Crippen LogP contribution in [0.15, 0.2) is 76.4 Å². The molecule has 2 heterocycles. The van der Waals surface area contributed by atoms with Crippen LogP contribution in [0.1, 0.15) is 22.3 Å². The number of nitrogens with zero attached hydrogens (tertiary/aromatic N) is 1. The number of hydrogen-bond acceptors (Lipinski definition) is 5. The second-order valence-corrected chi connectivity index (χ2v) is 10.4. The van der Waals surface area contributed by atoms with Crippen molar-refractivity contribution >= 4 is 20.9 Å². The number of rotatable bonds is 6. The van der Waals surface area contributed by atoms with Gasteiger partial charge in [0.25, 0.3) is 5.56 Å². The summed E-state index contributed by atoms with van der Waals surface area (Å²) in [7, 11) is -3.89. The fourth-order valence-electron chi connectivity index (χ4n) is 4.23. The van der Waals surface area contributed by atoms with E-state index in [0.29, 0.717) is 17.1 Å². The van der Waals surface area contributed by atoms with E-state index in [1.165, 1.54) is 4.31 Å². The minimum Gasteiger partial charge on any atom is -0.454 e. The van der Waals surface area contributed by atoms with E-state index >= 15 is 0 Å². The number of aromatic nitrogens is 1. The molecule has 0 amide bonds. The van der Waals surface area contributed by atoms with Gasteiger partial charge in [0.15, 0.2) is 11.5 Å². The van der Waals surface area contributed by atoms with Crippen LogP contribution < -0.4 is 15.0 Å². The molecule has 8 heteroatoms. The SMILES string of the molecule is Cc1cc(C)c2cc(CN(Cc3ccc4c(c3)OCO4)S(=O)(=O)c3ccccc3)c(=O)[nH]c2c1. The van der Waals surface area contributed by atoms with E-state index in [9.17, 15) is 13.2 Å². The molecule has 1 N–H and O–H groups in total. The van der Waals surface area contributed by atoms with E-state index in [-0.39, 0.29) is 30.3 Å². The van der Waals surface area contributed by atoms with Crippen molar-refractivity contribution in [2.24, 2.45) is 0 Å². The second-order valence-electron chi connectivity index (χ2n) is 8.44. The number of pyridine rings is 1. The Morgan fingerprint density at radius 1 is 0.912 bits per heavy atom. The Balaban J connectivity index is 1.57. The second kappa shape index (κ2) is 8.62. The summed E-state index contributed by atoms with van der Waals surface area (Å²) in [6.45, 7) is 4.07. The number of aromatic amines is 1. The summed E-state index contributed by atoms with van der Waals surface area (Å²) in [5, 5.41) is 0.889. The van der Waals surface area contributed by atoms with Crippen LogP contribution in [0.3, 0.4) is 0 Å². The van der Waals surface area contributed by atoms with Gasteiger partial charge in [0.2, 0.25) is 16.8 Å². The van der Waals surface area contributed by atoms with Gasteiger partial charge in [-0.2, -0.15) is 4.31 Å². The van der Waals surface area contributed by atoms with Gasteiger partial charge in [0.05, 0.1) is 4.90 Å². The topological polar surface area (TPSA) is 88.7 Å². The summed E-state index contributed by atoms with van der Waals surface area (Å²) in [5.74, 6) is 1.20. The number of sulfonamides is 1. The summed E-state index contributed by atoms with van der Waals surface area (Å²) in [6, 6.07) is 19.3. The molecule has 0 radical (unpaired) electrons. The van der Waals surface area contributed by atoms with E-state index in [1.807, 2.05) is 26.0 Å². The molecular formula is C26H24N2O5S. The Morgan fingerprint density at radius 3 is 2.47 bits per heavy atom. The molecule has 34 heavy (non-hydrogen) atoms. The van der Waals surface area contributed by atoms with Crippen LogP contribution in [0.2, 0.25) is 0 Å². The van der Waals surface area contributed by atoms with E-state index < -0.39 is 10.0 Å². The summed E-state index contributed by atoms with van der Waals surface area (Å²) < 4.78 is 39.4. The van der Waals surface area contributed by atoms with Gasteiger partial charge in [-0.15, -0.1) is 0 Å². The van der Waals surface area contributed by atoms with E-state index in [4.69, 9.17) is 9.47 Å². The minimum absolute atomic E-state index is 0.0677. The molecule has 0 fully saturated rings. The highest BCUT2D eigenvalue weighted by atomic mass is 32.2. The highest BCUT2D eigenvalue weighted by Crippen LogP contribution is 2.33. The largest absolute Gasteiger partial charge is 0.454 e. The number of hydrogen-bond donors (Lipinski definition) is 1. The quantitative estimate of drug-likeness (QED) is 0.449. The van der Waals surface area contributed by atoms with Crippen LogP contribution in [0.5, 0.6) is 11.5 Å². The molecule has 174 valence electrons. The molecule has 0 atom stereocenters. The van der Waals surface area contributed by atoms with Gasteiger partial charge < -0.3 is 14.5 Å². The van der Waals surface area contributed by atoms with Crippen LogP contribution in [-0.2, 0) is 23.1 Å². The normalized spacial score (nSPS) is 13.0. The van der Waals surface area contributed by atoms with E-state index in [0.717, 1.165) is 27.6 Å². The third kappa shape index (κ3) is 4.18. The van der Waals surface area contributed by atoms with Crippen molar-refractivity contribution in [1.82, 2.24) is 9.29 Å². The van der Waals surface area contributed by atoms with E-state index in [1.54, 1.807) is 54.6 Å². The first-order valence-corrected chi connectivity index (χ1v) is 12.3. The van der Waals surface area contributed by atoms with E-state index in [2.05, 4.69) is 4.98 Å². The molecule has 5 rings (SSSR count). The maximum atomic E-state index is 13.6. The predicted molar refractivity (Wildman–Crippen MR) is 129 cm³/mol. The van der Waals surface area contributed by atoms with Crippen molar-refractivity contribution in [2.75, 3.05) is 6.79 Å². The predicted octanol–water partition coefficient (Wildman–Crippen LogP) is 4.26. The average molecular weight is 477 g/mol. The summed E-state index contributed by atoms with van der Waals surface area (Å²) in [5.41, 5.74) is 3.59. The molecule has 7 nitrogen and oxygen atoms in total. The third-order valence-corrected chi connectivity index (χ3v) is 7.72. The number of ether oxygens (including phenoxy) is 2. The highest BCUT2D eigenvalue weighted by molar-refractivity contribution is 7.89. The number of benzene rings is 3. The maximum absolute atomic E-state index is 13.6. The average Bonchev–Trinajstić information content (AvgIpc) is 3.28. The van der Waals surface area contributed by atoms with Crippen LogP contribution in [0.25, 0.3) is 10.9 Å². The highest BCUT2D eigenvalue weighted by Gasteiger charge is 2.27. The standard InChI is InChI=1S/C26H24N2O5S/c1-17-10-18(2)22-13-20(26(29)27-23(22)11-17)15-28(34(30,31)21-6-4-3-5-7-21)14-19-8-9-24-25(12-19)33-16-32-24/h3-13H,14-16H2,1-2H3,(H,27,29). The molecule has 0 saturated carbocycles. The maximum Gasteiger partial charge on any atom is 0.252 e. The zero-order valence-electron chi connectivity index (χ0n) is 18.9. The first-order chi connectivity index (χ1) is 16.3.